The van der Waals surface area contributed by atoms with Gasteiger partial charge in [0.25, 0.3) is 5.91 Å². The summed E-state index contributed by atoms with van der Waals surface area (Å²) in [6.45, 7) is 0.624. The summed E-state index contributed by atoms with van der Waals surface area (Å²) in [5, 5.41) is 13.0. The van der Waals surface area contributed by atoms with Crippen LogP contribution in [0.3, 0.4) is 0 Å². The van der Waals surface area contributed by atoms with Crippen molar-refractivity contribution in [3.05, 3.63) is 17.7 Å². The van der Waals surface area contributed by atoms with Crippen molar-refractivity contribution in [1.29, 1.82) is 0 Å². The van der Waals surface area contributed by atoms with Gasteiger partial charge in [0.05, 0.1) is 19.2 Å². The van der Waals surface area contributed by atoms with Gasteiger partial charge >= 0.3 is 0 Å². The molecule has 2 aromatic rings. The van der Waals surface area contributed by atoms with Gasteiger partial charge in [-0.15, -0.1) is 12.4 Å². The molecule has 0 fully saturated rings. The summed E-state index contributed by atoms with van der Waals surface area (Å²) in [5.41, 5.74) is 12.0. The lowest BCUT2D eigenvalue weighted by atomic mass is 10.1. The van der Waals surface area contributed by atoms with E-state index in [-0.39, 0.29) is 24.3 Å². The molecule has 1 aromatic heterocycles. The molecule has 0 aliphatic rings. The zero-order chi connectivity index (χ0) is 14.5. The van der Waals surface area contributed by atoms with Crippen LogP contribution in [-0.2, 0) is 0 Å². The third-order valence-corrected chi connectivity index (χ3v) is 2.57. The molecule has 0 radical (unpaired) electrons. The summed E-state index contributed by atoms with van der Waals surface area (Å²) < 4.78 is 5.18. The number of guanidine groups is 1. The van der Waals surface area contributed by atoms with E-state index >= 15 is 0 Å². The Morgan fingerprint density at radius 1 is 1.38 bits per heavy atom. The van der Waals surface area contributed by atoms with Gasteiger partial charge in [0.1, 0.15) is 16.8 Å². The number of hydrogen-bond acceptors (Lipinski definition) is 5. The fourth-order valence-electron chi connectivity index (χ4n) is 1.67. The van der Waals surface area contributed by atoms with E-state index in [0.717, 1.165) is 0 Å². The first-order valence-electron chi connectivity index (χ1n) is 5.84. The molecule has 0 saturated carbocycles. The van der Waals surface area contributed by atoms with E-state index in [1.807, 2.05) is 0 Å². The smallest absolute Gasteiger partial charge is 0.255 e. The second-order valence-electron chi connectivity index (χ2n) is 3.93. The second-order valence-corrected chi connectivity index (χ2v) is 3.93. The summed E-state index contributed by atoms with van der Waals surface area (Å²) >= 11 is 0. The quantitative estimate of drug-likeness (QED) is 0.329. The maximum atomic E-state index is 12.1. The maximum absolute atomic E-state index is 12.1. The average molecular weight is 314 g/mol. The Bertz CT molecular complexity index is 651. The number of aromatic amines is 1. The molecule has 2 rings (SSSR count). The molecule has 0 atom stereocenters. The summed E-state index contributed by atoms with van der Waals surface area (Å²) in [6.07, 6.45) is 0. The normalized spacial score (nSPS) is 9.76. The second kappa shape index (κ2) is 7.29. The number of carbonyl (C=O) groups excluding carboxylic acids is 1. The van der Waals surface area contributed by atoms with Crippen LogP contribution < -0.4 is 21.5 Å². The van der Waals surface area contributed by atoms with Crippen LogP contribution in [0.1, 0.15) is 10.4 Å². The number of nitrogens with zero attached hydrogens (tertiary/aromatic N) is 3. The minimum absolute atomic E-state index is 0. The fraction of sp³-hybridized carbons (Fsp3) is 0.273. The van der Waals surface area contributed by atoms with Gasteiger partial charge in [0.15, 0.2) is 5.96 Å². The summed E-state index contributed by atoms with van der Waals surface area (Å²) in [7, 11) is 1.48. The summed E-state index contributed by atoms with van der Waals surface area (Å²) in [5.74, 6) is 0.115. The van der Waals surface area contributed by atoms with Gasteiger partial charge in [-0.2, -0.15) is 15.4 Å². The number of fused-ring (bicyclic) bond motifs is 1. The standard InChI is InChI=1S/C11H15N7O2.ClH/c1-20-9-5-8-7(16-18-17-8)4-6(9)10(19)14-2-3-15-11(12)13;/h4-5H,2-3H2,1H3,(H,14,19)(H4,12,13,15)(H,16,17,18);1H. The molecule has 6 N–H and O–H groups in total. The molecule has 9 nitrogen and oxygen atoms in total. The van der Waals surface area contributed by atoms with Crippen LogP contribution in [0.25, 0.3) is 11.0 Å². The van der Waals surface area contributed by atoms with E-state index in [1.165, 1.54) is 7.11 Å². The predicted molar refractivity (Wildman–Crippen MR) is 80.7 cm³/mol. The minimum Gasteiger partial charge on any atom is -0.496 e. The van der Waals surface area contributed by atoms with Crippen LogP contribution in [-0.4, -0.2) is 47.5 Å². The lowest BCUT2D eigenvalue weighted by Gasteiger charge is -2.08. The van der Waals surface area contributed by atoms with Gasteiger partial charge in [-0.3, -0.25) is 9.79 Å². The highest BCUT2D eigenvalue weighted by Crippen LogP contribution is 2.23. The van der Waals surface area contributed by atoms with Crippen molar-refractivity contribution < 1.29 is 9.53 Å². The molecule has 0 aliphatic carbocycles. The third kappa shape index (κ3) is 3.96. The van der Waals surface area contributed by atoms with Crippen LogP contribution in [0.5, 0.6) is 5.75 Å². The number of methoxy groups -OCH3 is 1. The van der Waals surface area contributed by atoms with Gasteiger partial charge in [0.2, 0.25) is 0 Å². The van der Waals surface area contributed by atoms with E-state index in [9.17, 15) is 4.79 Å². The summed E-state index contributed by atoms with van der Waals surface area (Å²) in [6, 6.07) is 3.25. The zero-order valence-corrected chi connectivity index (χ0v) is 12.1. The average Bonchev–Trinajstić information content (AvgIpc) is 2.88. The maximum Gasteiger partial charge on any atom is 0.255 e. The van der Waals surface area contributed by atoms with Crippen molar-refractivity contribution in [2.75, 3.05) is 20.2 Å². The van der Waals surface area contributed by atoms with Crippen LogP contribution in [0.4, 0.5) is 0 Å². The molecule has 1 aromatic carbocycles. The van der Waals surface area contributed by atoms with E-state index in [4.69, 9.17) is 16.2 Å². The molecule has 114 valence electrons. The van der Waals surface area contributed by atoms with Crippen LogP contribution in [0.15, 0.2) is 17.1 Å². The zero-order valence-electron chi connectivity index (χ0n) is 11.3. The van der Waals surface area contributed by atoms with E-state index in [2.05, 4.69) is 25.7 Å². The molecule has 1 heterocycles. The molecule has 0 spiro atoms. The van der Waals surface area contributed by atoms with Crippen molar-refractivity contribution in [1.82, 2.24) is 20.7 Å². The number of aromatic nitrogens is 3. The number of H-pyrrole nitrogens is 1. The summed E-state index contributed by atoms with van der Waals surface area (Å²) in [4.78, 5) is 15.8. The number of rotatable bonds is 5. The minimum atomic E-state index is -0.294. The van der Waals surface area contributed by atoms with Crippen molar-refractivity contribution in [3.8, 4) is 5.75 Å². The number of halogens is 1. The van der Waals surface area contributed by atoms with Crippen molar-refractivity contribution in [3.63, 3.8) is 0 Å². The number of benzene rings is 1. The van der Waals surface area contributed by atoms with Gasteiger partial charge in [-0.05, 0) is 6.07 Å². The molecule has 10 heteroatoms. The Labute approximate surface area is 126 Å². The van der Waals surface area contributed by atoms with Gasteiger partial charge < -0.3 is 21.5 Å². The number of carbonyl (C=O) groups is 1. The largest absolute Gasteiger partial charge is 0.496 e. The number of nitrogens with two attached hydrogens (primary N) is 2. The van der Waals surface area contributed by atoms with Crippen molar-refractivity contribution in [2.24, 2.45) is 16.5 Å². The van der Waals surface area contributed by atoms with E-state index < -0.39 is 0 Å². The van der Waals surface area contributed by atoms with Gasteiger partial charge in [-0.25, -0.2) is 0 Å². The molecule has 21 heavy (non-hydrogen) atoms. The SMILES string of the molecule is COc1cc2n[nH]nc2cc1C(=O)NCCN=C(N)N.Cl. The Kier molecular flexibility index (Phi) is 5.73. The highest BCUT2D eigenvalue weighted by molar-refractivity contribution is 6.00. The first-order chi connectivity index (χ1) is 9.61. The Morgan fingerprint density at radius 3 is 2.67 bits per heavy atom. The highest BCUT2D eigenvalue weighted by atomic mass is 35.5. The molecule has 1 amide bonds. The molecular formula is C11H16ClN7O2. The van der Waals surface area contributed by atoms with E-state index in [0.29, 0.717) is 35.4 Å². The lowest BCUT2D eigenvalue weighted by Crippen LogP contribution is -2.29. The molecule has 0 unspecified atom stereocenters. The van der Waals surface area contributed by atoms with Gasteiger partial charge in [0, 0.05) is 12.6 Å². The van der Waals surface area contributed by atoms with E-state index in [1.54, 1.807) is 12.1 Å². The molecule has 0 aliphatic heterocycles. The van der Waals surface area contributed by atoms with Crippen molar-refractivity contribution >= 4 is 35.3 Å². The van der Waals surface area contributed by atoms with Gasteiger partial charge in [-0.1, -0.05) is 0 Å². The first kappa shape index (κ1) is 16.5. The monoisotopic (exact) mass is 313 g/mol. The fourth-order valence-corrected chi connectivity index (χ4v) is 1.67. The predicted octanol–water partition coefficient (Wildman–Crippen LogP) is -0.608. The highest BCUT2D eigenvalue weighted by Gasteiger charge is 2.14. The molecule has 0 bridgehead atoms. The topological polar surface area (TPSA) is 144 Å². The van der Waals surface area contributed by atoms with Crippen LogP contribution >= 0.6 is 12.4 Å². The molecule has 0 saturated heterocycles. The van der Waals surface area contributed by atoms with Crippen LogP contribution in [0, 0.1) is 0 Å². The molecular weight excluding hydrogens is 298 g/mol. The first-order valence-corrected chi connectivity index (χ1v) is 5.84. The third-order valence-electron chi connectivity index (χ3n) is 2.57. The Hall–Kier alpha value is -2.55. The number of ether oxygens (including phenoxy) is 1. The van der Waals surface area contributed by atoms with Crippen molar-refractivity contribution in [2.45, 2.75) is 0 Å². The number of hydrogen-bond donors (Lipinski definition) is 4. The Morgan fingerprint density at radius 2 is 2.05 bits per heavy atom. The van der Waals surface area contributed by atoms with Crippen LogP contribution in [0.2, 0.25) is 0 Å². The number of aliphatic imine (C=N–C) groups is 1. The lowest BCUT2D eigenvalue weighted by molar-refractivity contribution is 0.0952. The number of amides is 1. The number of nitrogens with one attached hydrogen (secondary N) is 2. The Balaban J connectivity index is 0.00000220.